The van der Waals surface area contributed by atoms with Crippen LogP contribution in [-0.4, -0.2) is 26.1 Å². The molecule has 21 heavy (non-hydrogen) atoms. The molecule has 0 bridgehead atoms. The maximum atomic E-state index is 12.0. The predicted octanol–water partition coefficient (Wildman–Crippen LogP) is -0.0598. The first-order valence-electron chi connectivity index (χ1n) is 6.01. The number of nitrogens with one attached hydrogen (secondary N) is 1. The molecule has 2 rings (SSSR count). The van der Waals surface area contributed by atoms with Crippen molar-refractivity contribution >= 4 is 11.5 Å². The summed E-state index contributed by atoms with van der Waals surface area (Å²) >= 11 is 0. The molecule has 0 aliphatic rings. The molecule has 0 saturated carbocycles. The number of nitro groups is 1. The van der Waals surface area contributed by atoms with E-state index < -0.39 is 21.9 Å². The number of hydrogen-bond donors (Lipinski definition) is 1. The third kappa shape index (κ3) is 2.81. The number of rotatable bonds is 4. The number of aryl methyl sites for hydroxylation is 1. The van der Waals surface area contributed by atoms with Crippen molar-refractivity contribution in [2.75, 3.05) is 12.4 Å². The Balaban J connectivity index is 2.56. The number of nitrogens with zero attached hydrogens (tertiary/aromatic N) is 4. The van der Waals surface area contributed by atoms with Gasteiger partial charge in [-0.15, -0.1) is 0 Å². The highest BCUT2D eigenvalue weighted by molar-refractivity contribution is 5.36. The minimum absolute atomic E-state index is 0.0651. The molecule has 0 saturated heterocycles. The van der Waals surface area contributed by atoms with Gasteiger partial charge in [-0.25, -0.2) is 14.3 Å². The summed E-state index contributed by atoms with van der Waals surface area (Å²) in [7, 11) is 3.04. The van der Waals surface area contributed by atoms with Gasteiger partial charge in [-0.1, -0.05) is 0 Å². The molecule has 0 atom stereocenters. The number of anilines is 1. The second-order valence-electron chi connectivity index (χ2n) is 4.36. The fourth-order valence-electron chi connectivity index (χ4n) is 1.87. The first kappa shape index (κ1) is 14.4. The Morgan fingerprint density at radius 2 is 2.14 bits per heavy atom. The van der Waals surface area contributed by atoms with E-state index in [-0.39, 0.29) is 6.54 Å². The van der Waals surface area contributed by atoms with E-state index in [0.717, 1.165) is 15.3 Å². The maximum absolute atomic E-state index is 12.0. The lowest BCUT2D eigenvalue weighted by atomic mass is 10.2. The largest absolute Gasteiger partial charge is 0.373 e. The molecule has 0 radical (unpaired) electrons. The van der Waals surface area contributed by atoms with Crippen LogP contribution in [0.4, 0.5) is 11.5 Å². The average Bonchev–Trinajstić information content (AvgIpc) is 2.47. The van der Waals surface area contributed by atoms with E-state index in [4.69, 9.17) is 0 Å². The Hall–Kier alpha value is -2.97. The maximum Gasteiger partial charge on any atom is 0.350 e. The molecule has 0 aromatic carbocycles. The molecule has 0 fully saturated rings. The topological polar surface area (TPSA) is 112 Å². The van der Waals surface area contributed by atoms with Crippen LogP contribution in [0.2, 0.25) is 0 Å². The zero-order chi connectivity index (χ0) is 15.6. The molecule has 0 unspecified atom stereocenters. The van der Waals surface area contributed by atoms with Gasteiger partial charge in [0.25, 0.3) is 0 Å². The van der Waals surface area contributed by atoms with Gasteiger partial charge in [0, 0.05) is 20.3 Å². The smallest absolute Gasteiger partial charge is 0.350 e. The normalized spacial score (nSPS) is 10.4. The molecule has 0 spiro atoms. The van der Waals surface area contributed by atoms with Crippen molar-refractivity contribution in [2.45, 2.75) is 6.54 Å². The number of hydrogen-bond acceptors (Lipinski definition) is 6. The molecule has 2 heterocycles. The molecular weight excluding hydrogens is 278 g/mol. The molecule has 2 aromatic rings. The Bertz CT molecular complexity index is 808. The third-order valence-corrected chi connectivity index (χ3v) is 2.93. The minimum atomic E-state index is -0.925. The van der Waals surface area contributed by atoms with Crippen LogP contribution in [0.1, 0.15) is 5.56 Å². The molecule has 9 heteroatoms. The summed E-state index contributed by atoms with van der Waals surface area (Å²) in [4.78, 5) is 38.1. The zero-order valence-corrected chi connectivity index (χ0v) is 11.4. The van der Waals surface area contributed by atoms with Gasteiger partial charge < -0.3 is 5.32 Å². The predicted molar refractivity (Wildman–Crippen MR) is 75.5 cm³/mol. The van der Waals surface area contributed by atoms with Gasteiger partial charge in [0.2, 0.25) is 0 Å². The van der Waals surface area contributed by atoms with Crippen molar-refractivity contribution in [2.24, 2.45) is 7.05 Å². The molecule has 1 N–H and O–H groups in total. The van der Waals surface area contributed by atoms with Crippen LogP contribution < -0.4 is 16.6 Å². The molecule has 2 aromatic heterocycles. The summed E-state index contributed by atoms with van der Waals surface area (Å²) in [5, 5.41) is 13.7. The van der Waals surface area contributed by atoms with Crippen LogP contribution in [-0.2, 0) is 13.6 Å². The molecule has 0 aliphatic heterocycles. The second-order valence-corrected chi connectivity index (χ2v) is 4.36. The number of pyridine rings is 1. The van der Waals surface area contributed by atoms with E-state index in [0.29, 0.717) is 11.4 Å². The number of aromatic nitrogens is 3. The SMILES string of the molecule is CNc1cc(Cn2c(=O)c([N+](=O)[O-])cn(C)c2=O)ccn1. The van der Waals surface area contributed by atoms with E-state index in [9.17, 15) is 19.7 Å². The van der Waals surface area contributed by atoms with Gasteiger partial charge in [-0.3, -0.25) is 19.5 Å². The summed E-state index contributed by atoms with van der Waals surface area (Å²) in [5.74, 6) is 0.572. The fourth-order valence-corrected chi connectivity index (χ4v) is 1.87. The zero-order valence-electron chi connectivity index (χ0n) is 11.4. The highest BCUT2D eigenvalue weighted by Crippen LogP contribution is 2.07. The standard InChI is InChI=1S/C12H13N5O4/c1-13-10-5-8(3-4-14-10)6-16-11(18)9(17(20)21)7-15(2)12(16)19/h3-5,7H,6H2,1-2H3,(H,13,14). The van der Waals surface area contributed by atoms with Crippen LogP contribution in [0.3, 0.4) is 0 Å². The van der Waals surface area contributed by atoms with Crippen molar-refractivity contribution in [3.8, 4) is 0 Å². The lowest BCUT2D eigenvalue weighted by Gasteiger charge is -2.08. The molecule has 0 amide bonds. The lowest BCUT2D eigenvalue weighted by Crippen LogP contribution is -2.39. The van der Waals surface area contributed by atoms with E-state index in [1.54, 1.807) is 19.2 Å². The summed E-state index contributed by atoms with van der Waals surface area (Å²) < 4.78 is 1.84. The summed E-state index contributed by atoms with van der Waals surface area (Å²) in [6.45, 7) is -0.0651. The van der Waals surface area contributed by atoms with Crippen molar-refractivity contribution in [3.05, 3.63) is 61.0 Å². The Morgan fingerprint density at radius 3 is 2.76 bits per heavy atom. The quantitative estimate of drug-likeness (QED) is 0.624. The highest BCUT2D eigenvalue weighted by atomic mass is 16.6. The van der Waals surface area contributed by atoms with Crippen LogP contribution in [0.15, 0.2) is 34.1 Å². The lowest BCUT2D eigenvalue weighted by molar-refractivity contribution is -0.387. The molecular formula is C12H13N5O4. The first-order valence-corrected chi connectivity index (χ1v) is 6.01. The van der Waals surface area contributed by atoms with Gasteiger partial charge in [0.15, 0.2) is 0 Å². The highest BCUT2D eigenvalue weighted by Gasteiger charge is 2.18. The average molecular weight is 291 g/mol. The van der Waals surface area contributed by atoms with E-state index in [2.05, 4.69) is 10.3 Å². The molecule has 9 nitrogen and oxygen atoms in total. The van der Waals surface area contributed by atoms with Crippen molar-refractivity contribution in [3.63, 3.8) is 0 Å². The van der Waals surface area contributed by atoms with E-state index in [1.807, 2.05) is 0 Å². The van der Waals surface area contributed by atoms with Crippen LogP contribution in [0.25, 0.3) is 0 Å². The third-order valence-electron chi connectivity index (χ3n) is 2.93. The second kappa shape index (κ2) is 5.57. The van der Waals surface area contributed by atoms with E-state index in [1.165, 1.54) is 13.2 Å². The Morgan fingerprint density at radius 1 is 1.43 bits per heavy atom. The fraction of sp³-hybridized carbons (Fsp3) is 0.250. The first-order chi connectivity index (χ1) is 9.93. The van der Waals surface area contributed by atoms with Crippen LogP contribution in [0.5, 0.6) is 0 Å². The Labute approximate surface area is 118 Å². The summed E-state index contributed by atoms with van der Waals surface area (Å²) in [6, 6.07) is 3.29. The van der Waals surface area contributed by atoms with E-state index >= 15 is 0 Å². The van der Waals surface area contributed by atoms with Crippen molar-refractivity contribution < 1.29 is 4.92 Å². The minimum Gasteiger partial charge on any atom is -0.373 e. The van der Waals surface area contributed by atoms with Crippen LogP contribution in [0, 0.1) is 10.1 Å². The van der Waals surface area contributed by atoms with Crippen molar-refractivity contribution in [1.82, 2.24) is 14.1 Å². The summed E-state index contributed by atoms with van der Waals surface area (Å²) in [6.07, 6.45) is 2.45. The molecule has 110 valence electrons. The molecule has 0 aliphatic carbocycles. The van der Waals surface area contributed by atoms with Gasteiger partial charge in [0.05, 0.1) is 17.7 Å². The Kier molecular flexibility index (Phi) is 3.83. The summed E-state index contributed by atoms with van der Waals surface area (Å²) in [5.41, 5.74) is -1.55. The van der Waals surface area contributed by atoms with Gasteiger partial charge in [-0.05, 0) is 17.7 Å². The van der Waals surface area contributed by atoms with Crippen molar-refractivity contribution in [1.29, 1.82) is 0 Å². The van der Waals surface area contributed by atoms with Gasteiger partial charge in [-0.2, -0.15) is 0 Å². The monoisotopic (exact) mass is 291 g/mol. The van der Waals surface area contributed by atoms with Gasteiger partial charge >= 0.3 is 16.9 Å². The van der Waals surface area contributed by atoms with Crippen LogP contribution >= 0.6 is 0 Å². The van der Waals surface area contributed by atoms with Gasteiger partial charge in [0.1, 0.15) is 5.82 Å².